The summed E-state index contributed by atoms with van der Waals surface area (Å²) >= 11 is 0. The summed E-state index contributed by atoms with van der Waals surface area (Å²) < 4.78 is 45.8. The quantitative estimate of drug-likeness (QED) is 0.379. The lowest BCUT2D eigenvalue weighted by atomic mass is 10.2. The number of para-hydroxylation sites is 1. The van der Waals surface area contributed by atoms with E-state index in [0.29, 0.717) is 5.69 Å². The molecule has 3 rings (SSSR count). The first-order chi connectivity index (χ1) is 15.8. The fraction of sp³-hybridized carbons (Fsp3) is 0.0833. The van der Waals surface area contributed by atoms with Crippen LogP contribution in [0.4, 0.5) is 15.8 Å². The molecule has 33 heavy (non-hydrogen) atoms. The smallest absolute Gasteiger partial charge is 0.338 e. The van der Waals surface area contributed by atoms with E-state index in [-0.39, 0.29) is 22.7 Å². The molecule has 9 heteroatoms. The maximum absolute atomic E-state index is 13.2. The molecule has 3 aromatic carbocycles. The molecule has 170 valence electrons. The van der Waals surface area contributed by atoms with E-state index in [2.05, 4.69) is 11.9 Å². The Kier molecular flexibility index (Phi) is 7.57. The number of carbonyl (C=O) groups is 2. The molecule has 7 nitrogen and oxygen atoms in total. The average molecular weight is 469 g/mol. The van der Waals surface area contributed by atoms with Gasteiger partial charge >= 0.3 is 5.97 Å². The standard InChI is InChI=1S/C24H21FN2O5S/c1-2-14-27(21-11-4-3-5-12-21)33(30,31)22-13-6-8-18(15-22)24(29)32-17-23(28)26-20-10-7-9-19(25)16-20/h2-13,15-16H,1,14,17H2,(H,26,28). The predicted octanol–water partition coefficient (Wildman–Crippen LogP) is 4.00. The number of carbonyl (C=O) groups excluding carboxylic acids is 2. The van der Waals surface area contributed by atoms with Gasteiger partial charge in [0, 0.05) is 5.69 Å². The van der Waals surface area contributed by atoms with E-state index in [1.54, 1.807) is 30.3 Å². The second-order valence-corrected chi connectivity index (χ2v) is 8.69. The number of rotatable bonds is 9. The molecule has 0 unspecified atom stereocenters. The number of anilines is 2. The van der Waals surface area contributed by atoms with E-state index >= 15 is 0 Å². The summed E-state index contributed by atoms with van der Waals surface area (Å²) in [5, 5.41) is 2.40. The highest BCUT2D eigenvalue weighted by Gasteiger charge is 2.25. The molecule has 1 amide bonds. The molecule has 0 spiro atoms. The van der Waals surface area contributed by atoms with Crippen molar-refractivity contribution in [2.45, 2.75) is 4.90 Å². The number of amides is 1. The first-order valence-corrected chi connectivity index (χ1v) is 11.3. The third-order valence-corrected chi connectivity index (χ3v) is 6.23. The van der Waals surface area contributed by atoms with Gasteiger partial charge in [-0.3, -0.25) is 9.10 Å². The highest BCUT2D eigenvalue weighted by Crippen LogP contribution is 2.24. The first-order valence-electron chi connectivity index (χ1n) is 9.82. The lowest BCUT2D eigenvalue weighted by Crippen LogP contribution is -2.31. The van der Waals surface area contributed by atoms with Crippen LogP contribution >= 0.6 is 0 Å². The Hall–Kier alpha value is -3.98. The van der Waals surface area contributed by atoms with Gasteiger partial charge in [0.15, 0.2) is 6.61 Å². The van der Waals surface area contributed by atoms with Crippen LogP contribution < -0.4 is 9.62 Å². The van der Waals surface area contributed by atoms with Crippen LogP contribution in [0.2, 0.25) is 0 Å². The van der Waals surface area contributed by atoms with Crippen molar-refractivity contribution in [1.82, 2.24) is 0 Å². The highest BCUT2D eigenvalue weighted by atomic mass is 32.2. The van der Waals surface area contributed by atoms with Gasteiger partial charge < -0.3 is 10.1 Å². The fourth-order valence-corrected chi connectivity index (χ4v) is 4.42. The molecular formula is C24H21FN2O5S. The number of halogens is 1. The predicted molar refractivity (Wildman–Crippen MR) is 123 cm³/mol. The molecule has 0 saturated carbocycles. The molecule has 0 fully saturated rings. The lowest BCUT2D eigenvalue weighted by Gasteiger charge is -2.23. The van der Waals surface area contributed by atoms with E-state index in [0.717, 1.165) is 10.4 Å². The van der Waals surface area contributed by atoms with Gasteiger partial charge in [0.25, 0.3) is 15.9 Å². The lowest BCUT2D eigenvalue weighted by molar-refractivity contribution is -0.119. The second kappa shape index (κ2) is 10.6. The van der Waals surface area contributed by atoms with Crippen molar-refractivity contribution >= 4 is 33.3 Å². The van der Waals surface area contributed by atoms with Crippen LogP contribution in [-0.2, 0) is 19.6 Å². The Labute approximate surface area is 191 Å². The summed E-state index contributed by atoms with van der Waals surface area (Å²) in [4.78, 5) is 24.3. The van der Waals surface area contributed by atoms with Crippen LogP contribution in [0.5, 0.6) is 0 Å². The number of ether oxygens (including phenoxy) is 1. The minimum absolute atomic E-state index is 0.0290. The second-order valence-electron chi connectivity index (χ2n) is 6.82. The minimum Gasteiger partial charge on any atom is -0.452 e. The van der Waals surface area contributed by atoms with Crippen molar-refractivity contribution in [2.24, 2.45) is 0 Å². The van der Waals surface area contributed by atoms with Crippen LogP contribution in [0.15, 0.2) is 96.4 Å². The maximum Gasteiger partial charge on any atom is 0.338 e. The largest absolute Gasteiger partial charge is 0.452 e. The van der Waals surface area contributed by atoms with Gasteiger partial charge in [0.1, 0.15) is 5.82 Å². The van der Waals surface area contributed by atoms with E-state index in [1.807, 2.05) is 0 Å². The third-order valence-electron chi connectivity index (χ3n) is 4.44. The molecule has 0 aliphatic carbocycles. The summed E-state index contributed by atoms with van der Waals surface area (Å²) in [6.07, 6.45) is 1.46. The molecule has 0 bridgehead atoms. The van der Waals surface area contributed by atoms with Crippen molar-refractivity contribution in [1.29, 1.82) is 0 Å². The molecule has 0 aliphatic heterocycles. The Morgan fingerprint density at radius 1 is 1.00 bits per heavy atom. The number of benzene rings is 3. The number of esters is 1. The van der Waals surface area contributed by atoms with E-state index < -0.39 is 34.3 Å². The normalized spacial score (nSPS) is 10.8. The molecule has 1 N–H and O–H groups in total. The third kappa shape index (κ3) is 6.05. The highest BCUT2D eigenvalue weighted by molar-refractivity contribution is 7.92. The number of nitrogens with zero attached hydrogens (tertiary/aromatic N) is 1. The first kappa shape index (κ1) is 23.7. The Morgan fingerprint density at radius 2 is 1.73 bits per heavy atom. The van der Waals surface area contributed by atoms with Gasteiger partial charge in [-0.15, -0.1) is 6.58 Å². The van der Waals surface area contributed by atoms with E-state index in [9.17, 15) is 22.4 Å². The van der Waals surface area contributed by atoms with Crippen LogP contribution in [0.1, 0.15) is 10.4 Å². The van der Waals surface area contributed by atoms with Gasteiger partial charge in [-0.25, -0.2) is 17.6 Å². The zero-order valence-corrected chi connectivity index (χ0v) is 18.3. The molecule has 0 radical (unpaired) electrons. The average Bonchev–Trinajstić information content (AvgIpc) is 2.81. The Bertz CT molecular complexity index is 1260. The SMILES string of the molecule is C=CCN(c1ccccc1)S(=O)(=O)c1cccc(C(=O)OCC(=O)Nc2cccc(F)c2)c1. The number of hydrogen-bond acceptors (Lipinski definition) is 5. The molecule has 0 saturated heterocycles. The van der Waals surface area contributed by atoms with Crippen molar-refractivity contribution < 1.29 is 27.1 Å². The van der Waals surface area contributed by atoms with Gasteiger partial charge in [-0.05, 0) is 48.5 Å². The number of hydrogen-bond donors (Lipinski definition) is 1. The Balaban J connectivity index is 1.73. The van der Waals surface area contributed by atoms with Crippen LogP contribution in [0.25, 0.3) is 0 Å². The number of sulfonamides is 1. The summed E-state index contributed by atoms with van der Waals surface area (Å²) in [7, 11) is -4.01. The number of nitrogens with one attached hydrogen (secondary N) is 1. The van der Waals surface area contributed by atoms with E-state index in [1.165, 1.54) is 48.5 Å². The van der Waals surface area contributed by atoms with Gasteiger partial charge in [-0.2, -0.15) is 0 Å². The molecule has 3 aromatic rings. The van der Waals surface area contributed by atoms with Gasteiger partial charge in [-0.1, -0.05) is 36.4 Å². The van der Waals surface area contributed by atoms with Gasteiger partial charge in [0.2, 0.25) is 0 Å². The molecule has 0 aliphatic rings. The van der Waals surface area contributed by atoms with Crippen LogP contribution in [0, 0.1) is 5.82 Å². The summed E-state index contributed by atoms with van der Waals surface area (Å²) in [5.41, 5.74) is 0.619. The van der Waals surface area contributed by atoms with E-state index in [4.69, 9.17) is 4.74 Å². The molecule has 0 heterocycles. The van der Waals surface area contributed by atoms with Gasteiger partial charge in [0.05, 0.1) is 22.7 Å². The molecular weight excluding hydrogens is 447 g/mol. The zero-order chi connectivity index (χ0) is 23.8. The van der Waals surface area contributed by atoms with Crippen LogP contribution in [0.3, 0.4) is 0 Å². The summed E-state index contributed by atoms with van der Waals surface area (Å²) in [5.74, 6) is -2.07. The zero-order valence-electron chi connectivity index (χ0n) is 17.5. The molecule has 0 aromatic heterocycles. The summed E-state index contributed by atoms with van der Waals surface area (Å²) in [6, 6.07) is 19.1. The monoisotopic (exact) mass is 468 g/mol. The Morgan fingerprint density at radius 3 is 2.42 bits per heavy atom. The van der Waals surface area contributed by atoms with Crippen molar-refractivity contribution in [3.05, 3.63) is 103 Å². The van der Waals surface area contributed by atoms with Crippen LogP contribution in [-0.4, -0.2) is 33.4 Å². The topological polar surface area (TPSA) is 92.8 Å². The van der Waals surface area contributed by atoms with Crippen molar-refractivity contribution in [3.63, 3.8) is 0 Å². The summed E-state index contributed by atoms with van der Waals surface area (Å²) in [6.45, 7) is 3.02. The maximum atomic E-state index is 13.2. The van der Waals surface area contributed by atoms with Crippen molar-refractivity contribution in [2.75, 3.05) is 22.8 Å². The fourth-order valence-electron chi connectivity index (χ4n) is 2.94. The minimum atomic E-state index is -4.01. The van der Waals surface area contributed by atoms with Crippen molar-refractivity contribution in [3.8, 4) is 0 Å². The molecule has 0 atom stereocenters.